The minimum Gasteiger partial charge on any atom is -0.352 e. The van der Waals surface area contributed by atoms with Crippen LogP contribution in [-0.4, -0.2) is 22.1 Å². The Morgan fingerprint density at radius 3 is 2.42 bits per heavy atom. The second-order valence-corrected chi connectivity index (χ2v) is 8.39. The zero-order valence-electron chi connectivity index (χ0n) is 14.0. The summed E-state index contributed by atoms with van der Waals surface area (Å²) in [6.07, 6.45) is 2.14. The lowest BCUT2D eigenvalue weighted by Crippen LogP contribution is -2.29. The first-order valence-corrected chi connectivity index (χ1v) is 10.1. The standard InChI is InChI=1S/C19H18N4OS2/c24-17(20-15-11-12-15)16(13-7-3-1-4-8-13)25-19-23-22-18(26-19)21-14-9-5-2-6-10-14/h1-10,15-16H,11-12H2,(H,20,24)(H,21,22)/t16-/m1/s1. The van der Waals surface area contributed by atoms with Crippen LogP contribution >= 0.6 is 23.1 Å². The summed E-state index contributed by atoms with van der Waals surface area (Å²) in [5.74, 6) is 0.0384. The molecule has 1 aliphatic rings. The number of hydrogen-bond acceptors (Lipinski definition) is 6. The highest BCUT2D eigenvalue weighted by Crippen LogP contribution is 2.39. The van der Waals surface area contributed by atoms with Crippen LogP contribution in [0.2, 0.25) is 0 Å². The Labute approximate surface area is 160 Å². The summed E-state index contributed by atoms with van der Waals surface area (Å²) in [6.45, 7) is 0. The average Bonchev–Trinajstić information content (AvgIpc) is 3.38. The predicted molar refractivity (Wildman–Crippen MR) is 106 cm³/mol. The number of hydrogen-bond donors (Lipinski definition) is 2. The molecule has 1 amide bonds. The first kappa shape index (κ1) is 17.1. The molecule has 0 unspecified atom stereocenters. The van der Waals surface area contributed by atoms with Crippen molar-refractivity contribution in [1.29, 1.82) is 0 Å². The highest BCUT2D eigenvalue weighted by molar-refractivity contribution is 8.01. The molecule has 2 N–H and O–H groups in total. The molecule has 1 aliphatic carbocycles. The van der Waals surface area contributed by atoms with Crippen molar-refractivity contribution in [3.05, 3.63) is 66.2 Å². The van der Waals surface area contributed by atoms with Gasteiger partial charge in [-0.05, 0) is 30.5 Å². The molecular formula is C19H18N4OS2. The van der Waals surface area contributed by atoms with Gasteiger partial charge in [-0.15, -0.1) is 10.2 Å². The van der Waals surface area contributed by atoms with E-state index in [2.05, 4.69) is 20.8 Å². The van der Waals surface area contributed by atoms with Crippen LogP contribution in [0.4, 0.5) is 10.8 Å². The molecule has 0 radical (unpaired) electrons. The van der Waals surface area contributed by atoms with Crippen molar-refractivity contribution >= 4 is 39.8 Å². The van der Waals surface area contributed by atoms with Crippen LogP contribution in [-0.2, 0) is 4.79 Å². The fourth-order valence-corrected chi connectivity index (χ4v) is 4.43. The summed E-state index contributed by atoms with van der Waals surface area (Å²) < 4.78 is 0.767. The summed E-state index contributed by atoms with van der Waals surface area (Å²) in [7, 11) is 0. The van der Waals surface area contributed by atoms with E-state index in [0.29, 0.717) is 11.2 Å². The molecule has 0 saturated heterocycles. The van der Waals surface area contributed by atoms with Crippen LogP contribution < -0.4 is 10.6 Å². The van der Waals surface area contributed by atoms with Gasteiger partial charge in [0.25, 0.3) is 0 Å². The summed E-state index contributed by atoms with van der Waals surface area (Å²) >= 11 is 2.90. The number of nitrogens with zero attached hydrogens (tertiary/aromatic N) is 2. The zero-order valence-corrected chi connectivity index (χ0v) is 15.6. The largest absolute Gasteiger partial charge is 0.352 e. The number of para-hydroxylation sites is 1. The number of amides is 1. The number of benzene rings is 2. The molecule has 26 heavy (non-hydrogen) atoms. The van der Waals surface area contributed by atoms with Crippen molar-refractivity contribution in [2.75, 3.05) is 5.32 Å². The van der Waals surface area contributed by atoms with Crippen molar-refractivity contribution in [2.24, 2.45) is 0 Å². The molecule has 1 heterocycles. The Kier molecular flexibility index (Phi) is 5.17. The van der Waals surface area contributed by atoms with Gasteiger partial charge in [-0.3, -0.25) is 4.79 Å². The maximum Gasteiger partial charge on any atom is 0.238 e. The van der Waals surface area contributed by atoms with Crippen LogP contribution in [0.5, 0.6) is 0 Å². The second kappa shape index (κ2) is 7.88. The SMILES string of the molecule is O=C(NC1CC1)[C@H](Sc1nnc(Nc2ccccc2)s1)c1ccccc1. The molecule has 1 fully saturated rings. The van der Waals surface area contributed by atoms with Gasteiger partial charge in [-0.2, -0.15) is 0 Å². The maximum atomic E-state index is 12.7. The predicted octanol–water partition coefficient (Wildman–Crippen LogP) is 4.39. The lowest BCUT2D eigenvalue weighted by molar-refractivity contribution is -0.120. The minimum atomic E-state index is -0.325. The summed E-state index contributed by atoms with van der Waals surface area (Å²) in [4.78, 5) is 12.7. The highest BCUT2D eigenvalue weighted by Gasteiger charge is 2.29. The van der Waals surface area contributed by atoms with Crippen molar-refractivity contribution in [1.82, 2.24) is 15.5 Å². The van der Waals surface area contributed by atoms with Crippen LogP contribution in [0.1, 0.15) is 23.7 Å². The normalized spacial score (nSPS) is 14.6. The molecule has 0 aliphatic heterocycles. The van der Waals surface area contributed by atoms with Crippen molar-refractivity contribution in [2.45, 2.75) is 28.5 Å². The monoisotopic (exact) mass is 382 g/mol. The number of nitrogens with one attached hydrogen (secondary N) is 2. The molecule has 5 nitrogen and oxygen atoms in total. The van der Waals surface area contributed by atoms with Gasteiger partial charge in [0.15, 0.2) is 4.34 Å². The van der Waals surface area contributed by atoms with Crippen molar-refractivity contribution in [3.8, 4) is 0 Å². The van der Waals surface area contributed by atoms with Gasteiger partial charge in [-0.1, -0.05) is 71.6 Å². The second-order valence-electron chi connectivity index (χ2n) is 6.06. The van der Waals surface area contributed by atoms with E-state index in [1.54, 1.807) is 0 Å². The first-order valence-electron chi connectivity index (χ1n) is 8.45. The maximum absolute atomic E-state index is 12.7. The van der Waals surface area contributed by atoms with E-state index in [9.17, 15) is 4.79 Å². The third-order valence-corrected chi connectivity index (χ3v) is 6.09. The Morgan fingerprint density at radius 1 is 1.04 bits per heavy atom. The molecule has 1 saturated carbocycles. The van der Waals surface area contributed by atoms with Gasteiger partial charge in [0.2, 0.25) is 11.0 Å². The quantitative estimate of drug-likeness (QED) is 0.593. The third kappa shape index (κ3) is 4.42. The van der Waals surface area contributed by atoms with Gasteiger partial charge in [0, 0.05) is 11.7 Å². The lowest BCUT2D eigenvalue weighted by atomic mass is 10.1. The summed E-state index contributed by atoms with van der Waals surface area (Å²) in [5, 5.41) is 15.2. The molecule has 0 bridgehead atoms. The number of aromatic nitrogens is 2. The van der Waals surface area contributed by atoms with Crippen LogP contribution in [0, 0.1) is 0 Å². The first-order chi connectivity index (χ1) is 12.8. The van der Waals surface area contributed by atoms with Gasteiger partial charge >= 0.3 is 0 Å². The molecule has 1 atom stereocenters. The van der Waals surface area contributed by atoms with Crippen LogP contribution in [0.3, 0.4) is 0 Å². The molecule has 132 valence electrons. The smallest absolute Gasteiger partial charge is 0.238 e. The van der Waals surface area contributed by atoms with Crippen molar-refractivity contribution in [3.63, 3.8) is 0 Å². The van der Waals surface area contributed by atoms with E-state index in [-0.39, 0.29) is 11.2 Å². The minimum absolute atomic E-state index is 0.0384. The molecule has 7 heteroatoms. The van der Waals surface area contributed by atoms with E-state index < -0.39 is 0 Å². The number of rotatable bonds is 7. The van der Waals surface area contributed by atoms with Crippen LogP contribution in [0.15, 0.2) is 65.0 Å². The molecule has 3 aromatic rings. The summed E-state index contributed by atoms with van der Waals surface area (Å²) in [5.41, 5.74) is 1.94. The van der Waals surface area contributed by atoms with E-state index in [4.69, 9.17) is 0 Å². The van der Waals surface area contributed by atoms with Gasteiger partial charge in [0.1, 0.15) is 5.25 Å². The third-order valence-electron chi connectivity index (χ3n) is 3.91. The highest BCUT2D eigenvalue weighted by atomic mass is 32.2. The van der Waals surface area contributed by atoms with Gasteiger partial charge in [0.05, 0.1) is 0 Å². The molecule has 1 aromatic heterocycles. The van der Waals surface area contributed by atoms with Crippen molar-refractivity contribution < 1.29 is 4.79 Å². The van der Waals surface area contributed by atoms with Gasteiger partial charge in [-0.25, -0.2) is 0 Å². The molecule has 4 rings (SSSR count). The Bertz CT molecular complexity index is 866. The Balaban J connectivity index is 1.49. The Morgan fingerprint density at radius 2 is 1.73 bits per heavy atom. The fraction of sp³-hybridized carbons (Fsp3) is 0.211. The molecular weight excluding hydrogens is 364 g/mol. The van der Waals surface area contributed by atoms with E-state index in [1.807, 2.05) is 60.7 Å². The molecule has 0 spiro atoms. The topological polar surface area (TPSA) is 66.9 Å². The molecule has 2 aromatic carbocycles. The number of carbonyl (C=O) groups excluding carboxylic acids is 1. The van der Waals surface area contributed by atoms with Crippen LogP contribution in [0.25, 0.3) is 0 Å². The average molecular weight is 383 g/mol. The van der Waals surface area contributed by atoms with E-state index in [1.165, 1.54) is 23.1 Å². The van der Waals surface area contributed by atoms with E-state index >= 15 is 0 Å². The number of thioether (sulfide) groups is 1. The summed E-state index contributed by atoms with van der Waals surface area (Å²) in [6, 6.07) is 20.0. The fourth-order valence-electron chi connectivity index (χ4n) is 2.46. The van der Waals surface area contributed by atoms with Gasteiger partial charge < -0.3 is 10.6 Å². The Hall–Kier alpha value is -2.38. The zero-order chi connectivity index (χ0) is 17.8. The number of anilines is 2. The number of carbonyl (C=O) groups is 1. The lowest BCUT2D eigenvalue weighted by Gasteiger charge is -2.15. The van der Waals surface area contributed by atoms with E-state index in [0.717, 1.165) is 28.4 Å².